The molecule has 0 radical (unpaired) electrons. The topological polar surface area (TPSA) is 72.0 Å². The molecule has 0 unspecified atom stereocenters. The van der Waals surface area contributed by atoms with E-state index in [4.69, 9.17) is 18.6 Å². The average Bonchev–Trinajstić information content (AvgIpc) is 2.65. The summed E-state index contributed by atoms with van der Waals surface area (Å²) in [5, 5.41) is 22.7. The summed E-state index contributed by atoms with van der Waals surface area (Å²) < 4.78 is 0. The third-order valence-electron chi connectivity index (χ3n) is 5.97. The zero-order valence-electron chi connectivity index (χ0n) is 22.5. The molecule has 34 heavy (non-hydrogen) atoms. The first kappa shape index (κ1) is 33.3. The molecule has 0 spiro atoms. The summed E-state index contributed by atoms with van der Waals surface area (Å²) in [6, 6.07) is 8.40. The molecule has 0 amide bonds. The van der Waals surface area contributed by atoms with E-state index < -0.39 is 17.0 Å². The van der Waals surface area contributed by atoms with Gasteiger partial charge in [-0.1, -0.05) is 97.2 Å². The number of phenolic OH excluding ortho intramolecular Hbond substituents is 2. The van der Waals surface area contributed by atoms with Crippen molar-refractivity contribution in [1.82, 2.24) is 0 Å². The van der Waals surface area contributed by atoms with Crippen LogP contribution in [0.15, 0.2) is 24.3 Å². The Morgan fingerprint density at radius 3 is 1.32 bits per heavy atom. The van der Waals surface area contributed by atoms with Crippen molar-refractivity contribution in [2.45, 2.75) is 98.8 Å². The molecule has 0 aliphatic carbocycles. The van der Waals surface area contributed by atoms with Gasteiger partial charge in [0.1, 0.15) is 11.5 Å². The number of benzene rings is 2. The van der Waals surface area contributed by atoms with E-state index >= 15 is 0 Å². The minimum atomic E-state index is -0.556. The average molecular weight is 547 g/mol. The molecule has 0 aliphatic rings. The SMILES string of the molecule is Cc1cc(C(CCC(C)C)c2cc(C)cc(C(C)(C)C)c2O)c(O)c(C(C)(C)C)c1.O.[Cl][Ti][Cl]. The number of aromatic hydroxyl groups is 2. The van der Waals surface area contributed by atoms with Crippen molar-refractivity contribution in [1.29, 1.82) is 0 Å². The number of hydrogen-bond donors (Lipinski definition) is 2. The van der Waals surface area contributed by atoms with E-state index in [9.17, 15) is 10.2 Å². The van der Waals surface area contributed by atoms with Crippen LogP contribution in [0.1, 0.15) is 108 Å². The first-order chi connectivity index (χ1) is 15.0. The fraction of sp³-hybridized carbons (Fsp3) is 0.571. The van der Waals surface area contributed by atoms with E-state index in [1.807, 2.05) is 0 Å². The van der Waals surface area contributed by atoms with E-state index in [1.54, 1.807) is 0 Å². The van der Waals surface area contributed by atoms with E-state index in [0.29, 0.717) is 17.4 Å². The molecule has 2 rings (SSSR count). The molecule has 2 aromatic rings. The summed E-state index contributed by atoms with van der Waals surface area (Å²) in [6.45, 7) is 21.4. The Morgan fingerprint density at radius 2 is 1.06 bits per heavy atom. The molecule has 0 fully saturated rings. The van der Waals surface area contributed by atoms with E-state index in [-0.39, 0.29) is 22.2 Å². The van der Waals surface area contributed by atoms with Crippen molar-refractivity contribution in [2.75, 3.05) is 0 Å². The van der Waals surface area contributed by atoms with Crippen LogP contribution in [-0.2, 0) is 27.9 Å². The summed E-state index contributed by atoms with van der Waals surface area (Å²) in [6.07, 6.45) is 1.92. The van der Waals surface area contributed by atoms with Gasteiger partial charge < -0.3 is 15.7 Å². The van der Waals surface area contributed by atoms with Crippen LogP contribution in [0.25, 0.3) is 0 Å². The normalized spacial score (nSPS) is 11.7. The predicted molar refractivity (Wildman–Crippen MR) is 144 cm³/mol. The second-order valence-electron chi connectivity index (χ2n) is 11.6. The van der Waals surface area contributed by atoms with Crippen LogP contribution < -0.4 is 0 Å². The Bertz CT molecular complexity index is 859. The van der Waals surface area contributed by atoms with Gasteiger partial charge in [-0.2, -0.15) is 0 Å². The molecule has 6 heteroatoms. The molecule has 0 atom stereocenters. The summed E-state index contributed by atoms with van der Waals surface area (Å²) in [4.78, 5) is 0. The van der Waals surface area contributed by atoms with Gasteiger partial charge in [0, 0.05) is 17.0 Å². The van der Waals surface area contributed by atoms with Gasteiger partial charge in [0.25, 0.3) is 0 Å². The molecule has 0 saturated heterocycles. The third kappa shape index (κ3) is 9.06. The second kappa shape index (κ2) is 13.6. The molecule has 2 aromatic carbocycles. The zero-order valence-corrected chi connectivity index (χ0v) is 25.6. The number of aryl methyl sites for hydroxylation is 2. The van der Waals surface area contributed by atoms with Crippen molar-refractivity contribution < 1.29 is 32.7 Å². The van der Waals surface area contributed by atoms with Crippen LogP contribution in [-0.4, -0.2) is 15.7 Å². The van der Waals surface area contributed by atoms with Crippen LogP contribution in [0, 0.1) is 19.8 Å². The summed E-state index contributed by atoms with van der Waals surface area (Å²) in [7, 11) is 9.78. The van der Waals surface area contributed by atoms with Crippen LogP contribution >= 0.6 is 18.6 Å². The molecule has 0 bridgehead atoms. The minimum absolute atomic E-state index is 0. The fourth-order valence-corrected chi connectivity index (χ4v) is 4.27. The molecule has 3 nitrogen and oxygen atoms in total. The maximum atomic E-state index is 11.4. The van der Waals surface area contributed by atoms with Crippen molar-refractivity contribution in [3.8, 4) is 11.5 Å². The maximum absolute atomic E-state index is 11.4. The van der Waals surface area contributed by atoms with Gasteiger partial charge in [0.2, 0.25) is 0 Å². The standard InChI is InChI=1S/C28H42O2.2ClH.H2O.Ti/c1-17(2)11-12-20(21-13-18(3)15-23(25(21)29)27(5,6)7)22-14-19(4)16-24(26(22)30)28(8,9)10;;;;/h13-17,20,29-30H,11-12H2,1-10H3;2*1H;1H2;/q;;;;+2/p-2. The van der Waals surface area contributed by atoms with Crippen LogP contribution in [0.4, 0.5) is 0 Å². The van der Waals surface area contributed by atoms with Gasteiger partial charge in [-0.15, -0.1) is 0 Å². The van der Waals surface area contributed by atoms with Gasteiger partial charge in [0.15, 0.2) is 0 Å². The monoisotopic (exact) mass is 546 g/mol. The van der Waals surface area contributed by atoms with Crippen molar-refractivity contribution in [2.24, 2.45) is 5.92 Å². The molecular formula is C28H44Cl2O3Ti. The van der Waals surface area contributed by atoms with Crippen molar-refractivity contribution in [3.63, 3.8) is 0 Å². The molecule has 0 aromatic heterocycles. The second-order valence-corrected chi connectivity index (χ2v) is 14.2. The Kier molecular flexibility index (Phi) is 13.3. The predicted octanol–water partition coefficient (Wildman–Crippen LogP) is 8.43. The first-order valence-electron chi connectivity index (χ1n) is 11.7. The summed E-state index contributed by atoms with van der Waals surface area (Å²) in [5.41, 5.74) is 5.78. The third-order valence-corrected chi connectivity index (χ3v) is 5.97. The van der Waals surface area contributed by atoms with Crippen LogP contribution in [0.3, 0.4) is 0 Å². The molecule has 0 aliphatic heterocycles. The van der Waals surface area contributed by atoms with E-state index in [2.05, 4.69) is 93.5 Å². The van der Waals surface area contributed by atoms with Crippen molar-refractivity contribution in [3.05, 3.63) is 57.6 Å². The van der Waals surface area contributed by atoms with Gasteiger partial charge in [0.05, 0.1) is 0 Å². The molecule has 192 valence electrons. The number of rotatable bonds is 5. The molecule has 4 N–H and O–H groups in total. The van der Waals surface area contributed by atoms with Gasteiger partial charge in [-0.25, -0.2) is 0 Å². The van der Waals surface area contributed by atoms with Crippen LogP contribution in [0.2, 0.25) is 0 Å². The Hall–Kier alpha value is -0.706. The number of halogens is 2. The summed E-state index contributed by atoms with van der Waals surface area (Å²) >= 11 is -0.556. The molecule has 0 saturated carbocycles. The fourth-order valence-electron chi connectivity index (χ4n) is 4.27. The Labute approximate surface area is 224 Å². The van der Waals surface area contributed by atoms with Crippen molar-refractivity contribution >= 4 is 18.6 Å². The molecular weight excluding hydrogens is 503 g/mol. The number of hydrogen-bond acceptors (Lipinski definition) is 2. The Balaban J connectivity index is 0.00000258. The number of phenols is 2. The van der Waals surface area contributed by atoms with E-state index in [1.165, 1.54) is 0 Å². The molecule has 0 heterocycles. The van der Waals surface area contributed by atoms with Gasteiger partial charge in [-0.05, 0) is 48.1 Å². The van der Waals surface area contributed by atoms with Gasteiger partial charge in [-0.3, -0.25) is 0 Å². The van der Waals surface area contributed by atoms with Crippen LogP contribution in [0.5, 0.6) is 11.5 Å². The summed E-state index contributed by atoms with van der Waals surface area (Å²) in [5.74, 6) is 1.25. The quantitative estimate of drug-likeness (QED) is 0.369. The first-order valence-corrected chi connectivity index (χ1v) is 16.0. The Morgan fingerprint density at radius 1 is 0.735 bits per heavy atom. The van der Waals surface area contributed by atoms with Gasteiger partial charge >= 0.3 is 35.6 Å². The van der Waals surface area contributed by atoms with E-state index in [0.717, 1.165) is 46.2 Å². The zero-order chi connectivity index (χ0) is 25.7.